The van der Waals surface area contributed by atoms with Crippen molar-refractivity contribution in [3.63, 3.8) is 0 Å². The van der Waals surface area contributed by atoms with Gasteiger partial charge in [-0.15, -0.1) is 0 Å². The van der Waals surface area contributed by atoms with E-state index in [1.807, 2.05) is 98.0 Å². The Morgan fingerprint density at radius 3 is 0.918 bits per heavy atom. The topological polar surface area (TPSA) is 46.8 Å². The van der Waals surface area contributed by atoms with E-state index in [0.717, 1.165) is 26.2 Å². The zero-order valence-electron chi connectivity index (χ0n) is 38.3. The highest BCUT2D eigenvalue weighted by Gasteiger charge is 1.97. The van der Waals surface area contributed by atoms with E-state index in [1.165, 1.54) is 12.8 Å². The van der Waals surface area contributed by atoms with Crippen LogP contribution in [0.15, 0.2) is 65.0 Å². The second-order valence-corrected chi connectivity index (χ2v) is 16.2. The number of hydrogen-bond donors (Lipinski definition) is 0. The van der Waals surface area contributed by atoms with E-state index in [9.17, 15) is 0 Å². The van der Waals surface area contributed by atoms with Crippen LogP contribution in [0, 0.1) is 21.7 Å². The van der Waals surface area contributed by atoms with Crippen LogP contribution in [0.5, 0.6) is 0 Å². The van der Waals surface area contributed by atoms with E-state index in [4.69, 9.17) is 4.74 Å². The molecule has 4 nitrogen and oxygen atoms in total. The Labute approximate surface area is 313 Å². The molecular formula is C45H95N3O. The summed E-state index contributed by atoms with van der Waals surface area (Å²) in [5, 5.41) is 0. The fourth-order valence-electron chi connectivity index (χ4n) is 1.43. The van der Waals surface area contributed by atoms with Crippen molar-refractivity contribution in [2.45, 2.75) is 185 Å². The van der Waals surface area contributed by atoms with Crippen LogP contribution in [-0.2, 0) is 4.74 Å². The number of aliphatic imine (C=N–C) groups is 2. The Morgan fingerprint density at radius 1 is 0.490 bits per heavy atom. The quantitative estimate of drug-likeness (QED) is 0.271. The summed E-state index contributed by atoms with van der Waals surface area (Å²) in [5.74, 6) is 0. The first-order valence-corrected chi connectivity index (χ1v) is 19.2. The number of rotatable bonds is 0. The van der Waals surface area contributed by atoms with Gasteiger partial charge < -0.3 is 4.74 Å². The van der Waals surface area contributed by atoms with Gasteiger partial charge in [-0.25, -0.2) is 0 Å². The Balaban J connectivity index is -0.0000000635. The van der Waals surface area contributed by atoms with Gasteiger partial charge in [0.15, 0.2) is 0 Å². The lowest BCUT2D eigenvalue weighted by Crippen LogP contribution is -1.93. The maximum absolute atomic E-state index is 4.94. The number of hydrogen-bond acceptors (Lipinski definition) is 4. The number of allylic oxidation sites excluding steroid dienone is 2. The first-order valence-electron chi connectivity index (χ1n) is 19.2. The molecule has 0 saturated carbocycles. The third-order valence-corrected chi connectivity index (χ3v) is 2.47. The third kappa shape index (κ3) is 247. The zero-order chi connectivity index (χ0) is 40.8. The molecule has 0 amide bonds. The van der Waals surface area contributed by atoms with Crippen molar-refractivity contribution in [2.24, 2.45) is 31.6 Å². The lowest BCUT2D eigenvalue weighted by molar-refractivity contribution is 0.198. The van der Waals surface area contributed by atoms with Gasteiger partial charge in [0.2, 0.25) is 0 Å². The van der Waals surface area contributed by atoms with Crippen LogP contribution in [0.4, 0.5) is 0 Å². The van der Waals surface area contributed by atoms with Gasteiger partial charge in [0.05, 0.1) is 6.54 Å². The standard InChI is InChI=1S/C5H5N.4C5H12.2C4H5N.C4H8O.4C2H6/c1-2-4-6-5-3-1;4*1-5(2,3)4;3*1-2-4-5-3-1;4*1-2/h1-5H;4*1-4H3;1,3-4H,2H2;1-3H,4H2;1-4H2;4*1-2H3. The van der Waals surface area contributed by atoms with Crippen LogP contribution in [0.2, 0.25) is 0 Å². The molecule has 0 spiro atoms. The highest BCUT2D eigenvalue weighted by atomic mass is 16.5. The van der Waals surface area contributed by atoms with Crippen LogP contribution in [-0.4, -0.2) is 37.2 Å². The summed E-state index contributed by atoms with van der Waals surface area (Å²) in [4.78, 5) is 11.4. The number of ether oxygens (including phenoxy) is 1. The predicted molar refractivity (Wildman–Crippen MR) is 235 cm³/mol. The minimum atomic E-state index is 0.500. The SMILES string of the molecule is C1=CCN=C1.C1=CN=CC1.C1CCOC1.CC.CC.CC.CC.CC(C)(C)C.CC(C)(C)C.CC(C)(C)C.CC(C)(C)C.c1ccncc1. The monoisotopic (exact) mass is 694 g/mol. The fraction of sp³-hybridized carbons (Fsp3) is 0.756. The Morgan fingerprint density at radius 2 is 0.837 bits per heavy atom. The maximum Gasteiger partial charge on any atom is 0.0573 e. The van der Waals surface area contributed by atoms with E-state index in [0.29, 0.717) is 21.7 Å². The molecule has 3 aliphatic heterocycles. The molecule has 0 aliphatic carbocycles. The summed E-state index contributed by atoms with van der Waals surface area (Å²) in [6, 6.07) is 5.72. The maximum atomic E-state index is 4.94. The molecule has 296 valence electrons. The summed E-state index contributed by atoms with van der Waals surface area (Å²) in [6.07, 6.45) is 18.5. The van der Waals surface area contributed by atoms with Crippen molar-refractivity contribution in [1.29, 1.82) is 0 Å². The van der Waals surface area contributed by atoms with Gasteiger partial charge in [-0.3, -0.25) is 15.0 Å². The van der Waals surface area contributed by atoms with E-state index in [2.05, 4.69) is 126 Å². The zero-order valence-corrected chi connectivity index (χ0v) is 38.3. The van der Waals surface area contributed by atoms with Crippen molar-refractivity contribution in [1.82, 2.24) is 4.98 Å². The minimum Gasteiger partial charge on any atom is -0.381 e. The Kier molecular flexibility index (Phi) is 67.1. The molecular weight excluding hydrogens is 599 g/mol. The molecule has 3 aliphatic rings. The lowest BCUT2D eigenvalue weighted by atomic mass is 10.0. The van der Waals surface area contributed by atoms with Gasteiger partial charge in [0.25, 0.3) is 0 Å². The number of nitrogens with zero attached hydrogens (tertiary/aromatic N) is 3. The summed E-state index contributed by atoms with van der Waals surface area (Å²) in [6.45, 7) is 53.9. The molecule has 1 fully saturated rings. The molecule has 1 saturated heterocycles. The average molecular weight is 694 g/mol. The number of pyridine rings is 1. The largest absolute Gasteiger partial charge is 0.381 e. The first kappa shape index (κ1) is 65.3. The van der Waals surface area contributed by atoms with E-state index >= 15 is 0 Å². The van der Waals surface area contributed by atoms with Crippen molar-refractivity contribution in [3.05, 3.63) is 55.0 Å². The normalized spacial score (nSPS) is 12.4. The van der Waals surface area contributed by atoms with Gasteiger partial charge in [0.1, 0.15) is 0 Å². The Bertz CT molecular complexity index is 599. The average Bonchev–Trinajstić information content (AvgIpc) is 3.83. The fourth-order valence-corrected chi connectivity index (χ4v) is 1.43. The molecule has 4 rings (SSSR count). The molecule has 49 heavy (non-hydrogen) atoms. The minimum absolute atomic E-state index is 0.500. The second-order valence-electron chi connectivity index (χ2n) is 16.2. The summed E-state index contributed by atoms with van der Waals surface area (Å²) < 4.78 is 4.94. The summed E-state index contributed by atoms with van der Waals surface area (Å²) >= 11 is 0. The first-order chi connectivity index (χ1) is 22.5. The molecule has 0 N–H and O–H groups in total. The predicted octanol–water partition coefficient (Wildman–Crippen LogP) is 15.8. The smallest absolute Gasteiger partial charge is 0.0573 e. The van der Waals surface area contributed by atoms with E-state index in [-0.39, 0.29) is 0 Å². The van der Waals surface area contributed by atoms with Crippen LogP contribution < -0.4 is 0 Å². The highest BCUT2D eigenvalue weighted by Crippen LogP contribution is 2.09. The van der Waals surface area contributed by atoms with E-state index < -0.39 is 0 Å². The van der Waals surface area contributed by atoms with Crippen molar-refractivity contribution < 1.29 is 4.74 Å². The lowest BCUT2D eigenvalue weighted by Gasteiger charge is -2.05. The molecule has 0 radical (unpaired) electrons. The highest BCUT2D eigenvalue weighted by molar-refractivity contribution is 5.73. The molecule has 0 bridgehead atoms. The van der Waals surface area contributed by atoms with Gasteiger partial charge in [-0.2, -0.15) is 0 Å². The summed E-state index contributed by atoms with van der Waals surface area (Å²) in [5.41, 5.74) is 2.00. The Hall–Kier alpha value is -2.07. The second kappa shape index (κ2) is 50.3. The van der Waals surface area contributed by atoms with Crippen LogP contribution in [0.25, 0.3) is 0 Å². The molecule has 0 atom stereocenters. The van der Waals surface area contributed by atoms with Crippen LogP contribution >= 0.6 is 0 Å². The molecule has 4 heterocycles. The number of aromatic nitrogens is 1. The third-order valence-electron chi connectivity index (χ3n) is 2.47. The van der Waals surface area contributed by atoms with Crippen LogP contribution in [0.3, 0.4) is 0 Å². The van der Waals surface area contributed by atoms with E-state index in [1.54, 1.807) is 24.8 Å². The molecule has 0 aromatic carbocycles. The van der Waals surface area contributed by atoms with Gasteiger partial charge in [-0.1, -0.05) is 184 Å². The van der Waals surface area contributed by atoms with Gasteiger partial charge >= 0.3 is 0 Å². The van der Waals surface area contributed by atoms with Crippen molar-refractivity contribution in [2.75, 3.05) is 19.8 Å². The van der Waals surface area contributed by atoms with Gasteiger partial charge in [0, 0.05) is 50.7 Å². The molecule has 1 aromatic heterocycles. The summed E-state index contributed by atoms with van der Waals surface area (Å²) in [7, 11) is 0. The van der Waals surface area contributed by atoms with Crippen LogP contribution in [0.1, 0.15) is 185 Å². The van der Waals surface area contributed by atoms with Crippen molar-refractivity contribution >= 4 is 12.4 Å². The van der Waals surface area contributed by atoms with Gasteiger partial charge in [-0.05, 0) is 52.7 Å². The van der Waals surface area contributed by atoms with Crippen molar-refractivity contribution in [3.8, 4) is 0 Å². The molecule has 1 aromatic rings. The molecule has 0 unspecified atom stereocenters. The molecule has 4 heteroatoms.